The van der Waals surface area contributed by atoms with Crippen molar-refractivity contribution in [3.63, 3.8) is 0 Å². The lowest BCUT2D eigenvalue weighted by Gasteiger charge is -2.12. The van der Waals surface area contributed by atoms with Crippen LogP contribution in [0.2, 0.25) is 5.02 Å². The van der Waals surface area contributed by atoms with E-state index >= 15 is 0 Å². The number of carbonyl (C=O) groups excluding carboxylic acids is 2. The van der Waals surface area contributed by atoms with E-state index in [2.05, 4.69) is 5.32 Å². The molecule has 4 nitrogen and oxygen atoms in total. The molecule has 1 amide bonds. The number of carbonyl (C=O) groups is 2. The first-order valence-electron chi connectivity index (χ1n) is 6.37. The van der Waals surface area contributed by atoms with Crippen molar-refractivity contribution in [3.8, 4) is 0 Å². The highest BCUT2D eigenvalue weighted by Crippen LogP contribution is 2.20. The summed E-state index contributed by atoms with van der Waals surface area (Å²) in [4.78, 5) is 24.1. The van der Waals surface area contributed by atoms with Crippen LogP contribution < -0.4 is 5.32 Å². The van der Waals surface area contributed by atoms with Crippen molar-refractivity contribution in [2.75, 3.05) is 12.4 Å². The van der Waals surface area contributed by atoms with Crippen LogP contribution in [0.1, 0.15) is 20.3 Å². The number of hydrogen-bond donors (Lipinski definition) is 1. The molecule has 1 unspecified atom stereocenters. The Morgan fingerprint density at radius 2 is 2.00 bits per heavy atom. The molecular weight excluding hydrogens is 298 g/mol. The topological polar surface area (TPSA) is 55.4 Å². The molecule has 0 saturated carbocycles. The molecular formula is C14H18ClNO3S. The summed E-state index contributed by atoms with van der Waals surface area (Å²) in [5, 5.41) is 3.30. The molecule has 0 radical (unpaired) electrons. The van der Waals surface area contributed by atoms with Gasteiger partial charge in [0.1, 0.15) is 6.04 Å². The third kappa shape index (κ3) is 6.30. The van der Waals surface area contributed by atoms with Crippen molar-refractivity contribution in [2.45, 2.75) is 31.2 Å². The third-order valence-electron chi connectivity index (χ3n) is 2.43. The zero-order valence-corrected chi connectivity index (χ0v) is 13.1. The lowest BCUT2D eigenvalue weighted by molar-refractivity contribution is -0.146. The fourth-order valence-electron chi connectivity index (χ4n) is 1.43. The lowest BCUT2D eigenvalue weighted by Crippen LogP contribution is -2.39. The van der Waals surface area contributed by atoms with Gasteiger partial charge in [0.25, 0.3) is 0 Å². The second-order valence-electron chi connectivity index (χ2n) is 4.09. The van der Waals surface area contributed by atoms with Crippen molar-refractivity contribution in [1.29, 1.82) is 0 Å². The van der Waals surface area contributed by atoms with E-state index in [0.717, 1.165) is 4.90 Å². The van der Waals surface area contributed by atoms with Crippen LogP contribution in [0.25, 0.3) is 0 Å². The van der Waals surface area contributed by atoms with E-state index in [9.17, 15) is 9.59 Å². The number of thioether (sulfide) groups is 1. The van der Waals surface area contributed by atoms with Gasteiger partial charge in [-0.3, -0.25) is 4.79 Å². The van der Waals surface area contributed by atoms with Gasteiger partial charge in [-0.1, -0.05) is 11.6 Å². The van der Waals surface area contributed by atoms with Gasteiger partial charge in [0.2, 0.25) is 5.91 Å². The van der Waals surface area contributed by atoms with Crippen molar-refractivity contribution < 1.29 is 14.3 Å². The molecule has 1 N–H and O–H groups in total. The number of amides is 1. The number of nitrogens with one attached hydrogen (secondary N) is 1. The number of hydrogen-bond acceptors (Lipinski definition) is 4. The monoisotopic (exact) mass is 315 g/mol. The fraction of sp³-hybridized carbons (Fsp3) is 0.429. The Kier molecular flexibility index (Phi) is 7.47. The van der Waals surface area contributed by atoms with Gasteiger partial charge in [0, 0.05) is 22.1 Å². The molecule has 0 fully saturated rings. The van der Waals surface area contributed by atoms with Crippen LogP contribution in [-0.4, -0.2) is 30.3 Å². The highest BCUT2D eigenvalue weighted by Gasteiger charge is 2.15. The summed E-state index contributed by atoms with van der Waals surface area (Å²) in [7, 11) is 0. The van der Waals surface area contributed by atoms with Gasteiger partial charge in [-0.15, -0.1) is 11.8 Å². The largest absolute Gasteiger partial charge is 0.464 e. The highest BCUT2D eigenvalue weighted by atomic mass is 35.5. The minimum absolute atomic E-state index is 0.160. The van der Waals surface area contributed by atoms with E-state index in [1.54, 1.807) is 25.6 Å². The number of benzene rings is 1. The van der Waals surface area contributed by atoms with E-state index in [-0.39, 0.29) is 5.91 Å². The third-order valence-corrected chi connectivity index (χ3v) is 3.69. The zero-order chi connectivity index (χ0) is 15.0. The Labute approximate surface area is 128 Å². The smallest absolute Gasteiger partial charge is 0.328 e. The molecule has 0 aromatic heterocycles. The van der Waals surface area contributed by atoms with Crippen LogP contribution in [0.15, 0.2) is 29.2 Å². The molecule has 20 heavy (non-hydrogen) atoms. The zero-order valence-electron chi connectivity index (χ0n) is 11.5. The average molecular weight is 316 g/mol. The van der Waals surface area contributed by atoms with Crippen LogP contribution in [0.3, 0.4) is 0 Å². The van der Waals surface area contributed by atoms with Crippen molar-refractivity contribution in [2.24, 2.45) is 0 Å². The standard InChI is InChI=1S/C14H18ClNO3S/c1-3-19-14(18)10(2)16-13(17)8-9-20-12-6-4-11(15)5-7-12/h4-7,10H,3,8-9H2,1-2H3,(H,16,17). The van der Waals surface area contributed by atoms with E-state index < -0.39 is 12.0 Å². The number of ether oxygens (including phenoxy) is 1. The summed E-state index contributed by atoms with van der Waals surface area (Å²) in [5.74, 6) is 0.0708. The van der Waals surface area contributed by atoms with Gasteiger partial charge < -0.3 is 10.1 Å². The van der Waals surface area contributed by atoms with E-state index in [4.69, 9.17) is 16.3 Å². The molecule has 1 aromatic rings. The molecule has 0 saturated heterocycles. The second kappa shape index (κ2) is 8.87. The van der Waals surface area contributed by atoms with Crippen LogP contribution in [-0.2, 0) is 14.3 Å². The molecule has 6 heteroatoms. The summed E-state index contributed by atoms with van der Waals surface area (Å²) in [6.45, 7) is 3.66. The summed E-state index contributed by atoms with van der Waals surface area (Å²) in [6.07, 6.45) is 0.344. The summed E-state index contributed by atoms with van der Waals surface area (Å²) in [5.41, 5.74) is 0. The predicted molar refractivity (Wildman–Crippen MR) is 81.0 cm³/mol. The molecule has 1 rings (SSSR count). The highest BCUT2D eigenvalue weighted by molar-refractivity contribution is 7.99. The van der Waals surface area contributed by atoms with E-state index in [0.29, 0.717) is 23.8 Å². The normalized spacial score (nSPS) is 11.8. The first-order valence-corrected chi connectivity index (χ1v) is 7.73. The van der Waals surface area contributed by atoms with E-state index in [1.807, 2.05) is 24.3 Å². The summed E-state index contributed by atoms with van der Waals surface area (Å²) in [6, 6.07) is 6.83. The Hall–Kier alpha value is -1.20. The molecule has 0 spiro atoms. The molecule has 1 aromatic carbocycles. The Morgan fingerprint density at radius 1 is 1.35 bits per heavy atom. The maximum absolute atomic E-state index is 11.7. The first kappa shape index (κ1) is 16.9. The van der Waals surface area contributed by atoms with Crippen LogP contribution in [0.4, 0.5) is 0 Å². The van der Waals surface area contributed by atoms with Crippen molar-refractivity contribution in [3.05, 3.63) is 29.3 Å². The minimum Gasteiger partial charge on any atom is -0.464 e. The van der Waals surface area contributed by atoms with Gasteiger partial charge in [-0.25, -0.2) is 4.79 Å². The molecule has 0 heterocycles. The molecule has 0 aliphatic rings. The van der Waals surface area contributed by atoms with Crippen LogP contribution >= 0.6 is 23.4 Å². The fourth-order valence-corrected chi connectivity index (χ4v) is 2.41. The molecule has 0 aliphatic carbocycles. The molecule has 1 atom stereocenters. The van der Waals surface area contributed by atoms with Gasteiger partial charge >= 0.3 is 5.97 Å². The number of rotatable bonds is 7. The first-order chi connectivity index (χ1) is 9.52. The Morgan fingerprint density at radius 3 is 2.60 bits per heavy atom. The van der Waals surface area contributed by atoms with Gasteiger partial charge in [0.15, 0.2) is 0 Å². The van der Waals surface area contributed by atoms with E-state index in [1.165, 1.54) is 0 Å². The second-order valence-corrected chi connectivity index (χ2v) is 5.70. The van der Waals surface area contributed by atoms with Crippen molar-refractivity contribution in [1.82, 2.24) is 5.32 Å². The van der Waals surface area contributed by atoms with Crippen molar-refractivity contribution >= 4 is 35.2 Å². The number of halogens is 1. The predicted octanol–water partition coefficient (Wildman–Crippen LogP) is 2.89. The lowest BCUT2D eigenvalue weighted by atomic mass is 10.3. The Bertz CT molecular complexity index is 450. The Balaban J connectivity index is 2.26. The maximum Gasteiger partial charge on any atom is 0.328 e. The average Bonchev–Trinajstić information content (AvgIpc) is 2.41. The molecule has 0 bridgehead atoms. The maximum atomic E-state index is 11.7. The summed E-state index contributed by atoms with van der Waals surface area (Å²) < 4.78 is 4.82. The molecule has 0 aliphatic heterocycles. The SMILES string of the molecule is CCOC(=O)C(C)NC(=O)CCSc1ccc(Cl)cc1. The van der Waals surface area contributed by atoms with Crippen LogP contribution in [0.5, 0.6) is 0 Å². The van der Waals surface area contributed by atoms with Crippen LogP contribution in [0, 0.1) is 0 Å². The quantitative estimate of drug-likeness (QED) is 0.621. The molecule has 110 valence electrons. The van der Waals surface area contributed by atoms with Gasteiger partial charge in [-0.05, 0) is 38.1 Å². The van der Waals surface area contributed by atoms with Gasteiger partial charge in [0.05, 0.1) is 6.61 Å². The number of esters is 1. The minimum atomic E-state index is -0.608. The summed E-state index contributed by atoms with van der Waals surface area (Å²) >= 11 is 7.36. The van der Waals surface area contributed by atoms with Gasteiger partial charge in [-0.2, -0.15) is 0 Å².